The van der Waals surface area contributed by atoms with Crippen LogP contribution >= 0.6 is 0 Å². The molecular formula is C56H65N11O7. The minimum Gasteiger partial charge on any atom is -0.478 e. The third-order valence-corrected chi connectivity index (χ3v) is 16.1. The van der Waals surface area contributed by atoms with Crippen molar-refractivity contribution < 1.29 is 33.8 Å². The van der Waals surface area contributed by atoms with Crippen molar-refractivity contribution in [2.75, 3.05) is 78.4 Å². The molecule has 0 saturated carbocycles. The second-order valence-electron chi connectivity index (χ2n) is 21.4. The molecule has 11 rings (SSSR count). The topological polar surface area (TPSA) is 191 Å². The SMILES string of the molecule is C=CC(=O)Nc1cc(Nc2nc(-c3ccnc(N4CCn5c(cc6c5CC(C)(C)C6)C4=O)c3CO)cnc2OC)ccc1N1CCN(C2CCN(c3ccc4c(c3)C(=O)N(C3CCOCC3)C4=O)[C@@H](C)C2)C[C@@H]1C. The van der Waals surface area contributed by atoms with Crippen molar-refractivity contribution in [3.63, 3.8) is 0 Å². The minimum absolute atomic E-state index is 0.113. The number of anilines is 6. The molecule has 3 atom stereocenters. The number of nitrogens with zero attached hydrogens (tertiary/aromatic N) is 9. The molecule has 74 heavy (non-hydrogen) atoms. The van der Waals surface area contributed by atoms with Crippen LogP contribution in [0.1, 0.15) is 101 Å². The van der Waals surface area contributed by atoms with Crippen LogP contribution in [0.15, 0.2) is 73.6 Å². The van der Waals surface area contributed by atoms with Crippen LogP contribution in [0.2, 0.25) is 0 Å². The van der Waals surface area contributed by atoms with Gasteiger partial charge in [-0.15, -0.1) is 0 Å². The van der Waals surface area contributed by atoms with Crippen LogP contribution in [-0.4, -0.2) is 135 Å². The zero-order valence-corrected chi connectivity index (χ0v) is 42.9. The summed E-state index contributed by atoms with van der Waals surface area (Å²) in [5.74, 6) is 0.0366. The van der Waals surface area contributed by atoms with Gasteiger partial charge in [0.1, 0.15) is 11.5 Å². The second kappa shape index (κ2) is 19.6. The van der Waals surface area contributed by atoms with Gasteiger partial charge in [0.05, 0.1) is 48.1 Å². The van der Waals surface area contributed by atoms with Gasteiger partial charge in [-0.05, 0) is 118 Å². The van der Waals surface area contributed by atoms with E-state index in [1.807, 2.05) is 42.5 Å². The van der Waals surface area contributed by atoms with E-state index < -0.39 is 0 Å². The monoisotopic (exact) mass is 1000 g/mol. The maximum Gasteiger partial charge on any atom is 0.276 e. The van der Waals surface area contributed by atoms with E-state index in [2.05, 4.69) is 74.1 Å². The number of nitrogens with one attached hydrogen (secondary N) is 2. The average Bonchev–Trinajstić information content (AvgIpc) is 3.99. The van der Waals surface area contributed by atoms with E-state index >= 15 is 0 Å². The van der Waals surface area contributed by atoms with Crippen LogP contribution in [0.25, 0.3) is 11.3 Å². The fourth-order valence-electron chi connectivity index (χ4n) is 12.5. The first-order valence-electron chi connectivity index (χ1n) is 26.0. The molecule has 0 radical (unpaired) electrons. The third-order valence-electron chi connectivity index (χ3n) is 16.1. The Morgan fingerprint density at radius 2 is 1.69 bits per heavy atom. The van der Waals surface area contributed by atoms with Gasteiger partial charge in [-0.3, -0.25) is 33.9 Å². The highest BCUT2D eigenvalue weighted by Gasteiger charge is 2.42. The maximum absolute atomic E-state index is 14.1. The number of aliphatic hydroxyl groups is 1. The highest BCUT2D eigenvalue weighted by atomic mass is 16.5. The molecule has 1 unspecified atom stereocenters. The number of hydrogen-bond donors (Lipinski definition) is 3. The zero-order chi connectivity index (χ0) is 51.6. The van der Waals surface area contributed by atoms with Crippen LogP contribution in [0, 0.1) is 5.41 Å². The predicted molar refractivity (Wildman–Crippen MR) is 283 cm³/mol. The van der Waals surface area contributed by atoms with Crippen molar-refractivity contribution in [3.8, 4) is 17.1 Å². The molecule has 0 bridgehead atoms. The van der Waals surface area contributed by atoms with Gasteiger partial charge in [0, 0.05) is 111 Å². The summed E-state index contributed by atoms with van der Waals surface area (Å²) in [7, 11) is 1.51. The molecule has 5 aliphatic heterocycles. The first-order valence-corrected chi connectivity index (χ1v) is 26.0. The van der Waals surface area contributed by atoms with Crippen molar-refractivity contribution >= 4 is 58.0 Å². The molecule has 18 heteroatoms. The second-order valence-corrected chi connectivity index (χ2v) is 21.4. The van der Waals surface area contributed by atoms with Gasteiger partial charge in [-0.2, -0.15) is 0 Å². The number of imide groups is 1. The largest absolute Gasteiger partial charge is 0.478 e. The lowest BCUT2D eigenvalue weighted by molar-refractivity contribution is -0.111. The molecule has 3 saturated heterocycles. The van der Waals surface area contributed by atoms with E-state index in [0.717, 1.165) is 63.2 Å². The van der Waals surface area contributed by atoms with E-state index in [4.69, 9.17) is 14.5 Å². The fraction of sp³-hybridized carbons (Fsp3) is 0.446. The Labute approximate surface area is 431 Å². The summed E-state index contributed by atoms with van der Waals surface area (Å²) in [5.41, 5.74) is 8.80. The Hall–Kier alpha value is -7.15. The van der Waals surface area contributed by atoms with Crippen molar-refractivity contribution in [2.24, 2.45) is 5.41 Å². The lowest BCUT2D eigenvalue weighted by Gasteiger charge is -2.48. The highest BCUT2D eigenvalue weighted by molar-refractivity contribution is 6.22. The maximum atomic E-state index is 14.1. The van der Waals surface area contributed by atoms with Gasteiger partial charge in [-0.1, -0.05) is 20.4 Å². The molecule has 3 N–H and O–H groups in total. The molecular weight excluding hydrogens is 939 g/mol. The standard InChI is InChI=1S/C56H65N11O7/c1-7-49(69)60-44-26-36(59-50-52(73-6)58-30-45(61-50)40-12-16-57-51(43(40)32-68)66-21-20-65-47(55(66)72)25-35-28-56(4,5)29-48(35)65)8-11-46(44)64-19-18-62(31-34(64)3)38-13-17-63(33(2)24-38)39-9-10-41-42(27-39)54(71)67(53(41)70)37-14-22-74-23-15-37/h7-12,16,25-27,30,33-34,37-38,68H,1,13-15,17-24,28-29,31-32H2,2-6H3,(H,59,61)(H,60,69)/t33-,34-,38?/m0/s1. The van der Waals surface area contributed by atoms with Crippen molar-refractivity contribution in [3.05, 3.63) is 107 Å². The van der Waals surface area contributed by atoms with Gasteiger partial charge in [0.2, 0.25) is 5.91 Å². The van der Waals surface area contributed by atoms with Crippen LogP contribution in [-0.2, 0) is 35.5 Å². The van der Waals surface area contributed by atoms with Crippen LogP contribution in [0.3, 0.4) is 0 Å². The molecule has 8 heterocycles. The molecule has 5 aromatic rings. The first-order chi connectivity index (χ1) is 35.7. The first kappa shape index (κ1) is 49.1. The Morgan fingerprint density at radius 1 is 0.878 bits per heavy atom. The number of benzene rings is 2. The number of aliphatic hydroxyl groups excluding tert-OH is 1. The van der Waals surface area contributed by atoms with Gasteiger partial charge < -0.3 is 39.6 Å². The third kappa shape index (κ3) is 8.85. The smallest absolute Gasteiger partial charge is 0.276 e. The zero-order valence-electron chi connectivity index (χ0n) is 42.9. The number of piperazine rings is 1. The fourth-order valence-corrected chi connectivity index (χ4v) is 12.5. The van der Waals surface area contributed by atoms with E-state index in [9.17, 15) is 24.3 Å². The van der Waals surface area contributed by atoms with Crippen LogP contribution in [0.4, 0.5) is 34.4 Å². The number of carbonyl (C=O) groups is 4. The Kier molecular flexibility index (Phi) is 13.0. The Balaban J connectivity index is 0.777. The number of fused-ring (bicyclic) bond motifs is 4. The molecule has 2 aromatic carbocycles. The number of aromatic nitrogens is 4. The van der Waals surface area contributed by atoms with Gasteiger partial charge in [-0.25, -0.2) is 15.0 Å². The number of pyridine rings is 1. The number of hydrogen-bond acceptors (Lipinski definition) is 14. The Bertz CT molecular complexity index is 3070. The lowest BCUT2D eigenvalue weighted by atomic mass is 9.90. The number of amides is 4. The number of rotatable bonds is 12. The number of ether oxygens (including phenoxy) is 2. The van der Waals surface area contributed by atoms with E-state index in [1.54, 1.807) is 23.4 Å². The molecule has 3 fully saturated rings. The van der Waals surface area contributed by atoms with E-state index in [1.165, 1.54) is 29.3 Å². The highest BCUT2D eigenvalue weighted by Crippen LogP contribution is 2.42. The van der Waals surface area contributed by atoms with Crippen molar-refractivity contribution in [1.82, 2.24) is 29.3 Å². The van der Waals surface area contributed by atoms with Gasteiger partial charge in [0.15, 0.2) is 5.82 Å². The van der Waals surface area contributed by atoms with Crippen LogP contribution in [0.5, 0.6) is 5.88 Å². The van der Waals surface area contributed by atoms with Crippen LogP contribution < -0.4 is 30.1 Å². The Morgan fingerprint density at radius 3 is 2.45 bits per heavy atom. The van der Waals surface area contributed by atoms with E-state index in [0.29, 0.717) is 102 Å². The van der Waals surface area contributed by atoms with Gasteiger partial charge >= 0.3 is 0 Å². The summed E-state index contributed by atoms with van der Waals surface area (Å²) in [4.78, 5) is 78.6. The number of carbonyl (C=O) groups excluding carboxylic acids is 4. The predicted octanol–water partition coefficient (Wildman–Crippen LogP) is 6.84. The molecule has 386 valence electrons. The van der Waals surface area contributed by atoms with Gasteiger partial charge in [0.25, 0.3) is 23.6 Å². The molecule has 1 aliphatic carbocycles. The molecule has 3 aromatic heterocycles. The van der Waals surface area contributed by atoms with Crippen molar-refractivity contribution in [2.45, 2.75) is 104 Å². The normalized spacial score (nSPS) is 21.9. The summed E-state index contributed by atoms with van der Waals surface area (Å²) >= 11 is 0. The van der Waals surface area contributed by atoms with E-state index in [-0.39, 0.29) is 59.7 Å². The summed E-state index contributed by atoms with van der Waals surface area (Å²) < 4.78 is 13.3. The number of piperidine rings is 1. The summed E-state index contributed by atoms with van der Waals surface area (Å²) in [6.45, 7) is 17.7. The quantitative estimate of drug-likeness (QED) is 0.0870. The summed E-state index contributed by atoms with van der Waals surface area (Å²) in [5, 5.41) is 17.3. The molecule has 4 amide bonds. The molecule has 6 aliphatic rings. The average molecular weight is 1000 g/mol. The lowest BCUT2D eigenvalue weighted by Crippen LogP contribution is -2.58. The summed E-state index contributed by atoms with van der Waals surface area (Å²) in [6.07, 6.45) is 9.56. The molecule has 0 spiro atoms. The van der Waals surface area contributed by atoms with Crippen molar-refractivity contribution in [1.29, 1.82) is 0 Å². The summed E-state index contributed by atoms with van der Waals surface area (Å²) in [6, 6.07) is 15.9. The molecule has 18 nitrogen and oxygen atoms in total. The number of methoxy groups -OCH3 is 1. The minimum atomic E-state index is -0.384.